The van der Waals surface area contributed by atoms with Gasteiger partial charge < -0.3 is 5.32 Å². The highest BCUT2D eigenvalue weighted by molar-refractivity contribution is 7.92. The summed E-state index contributed by atoms with van der Waals surface area (Å²) < 4.78 is 26.3. The average molecular weight is 395 g/mol. The highest BCUT2D eigenvalue weighted by atomic mass is 35.5. The maximum absolute atomic E-state index is 12.6. The zero-order chi connectivity index (χ0) is 19.2. The van der Waals surface area contributed by atoms with E-state index in [-0.39, 0.29) is 17.7 Å². The number of halogens is 1. The molecule has 1 amide bonds. The molecule has 0 spiro atoms. The molecule has 26 heavy (non-hydrogen) atoms. The molecule has 1 unspecified atom stereocenters. The molecule has 0 fully saturated rings. The fourth-order valence-corrected chi connectivity index (χ4v) is 3.83. The van der Waals surface area contributed by atoms with Crippen molar-refractivity contribution >= 4 is 33.2 Å². The summed E-state index contributed by atoms with van der Waals surface area (Å²) in [7, 11) is -3.40. The van der Waals surface area contributed by atoms with Crippen molar-refractivity contribution in [3.05, 3.63) is 64.7 Å². The minimum atomic E-state index is -3.40. The first-order chi connectivity index (χ1) is 12.3. The van der Waals surface area contributed by atoms with Crippen molar-refractivity contribution in [3.8, 4) is 0 Å². The maximum Gasteiger partial charge on any atom is 0.251 e. The highest BCUT2D eigenvalue weighted by Gasteiger charge is 2.15. The summed E-state index contributed by atoms with van der Waals surface area (Å²) in [6, 6.07) is 13.7. The van der Waals surface area contributed by atoms with Crippen LogP contribution in [0.2, 0.25) is 5.02 Å². The molecule has 0 bridgehead atoms. The van der Waals surface area contributed by atoms with Crippen molar-refractivity contribution in [3.63, 3.8) is 0 Å². The predicted molar refractivity (Wildman–Crippen MR) is 106 cm³/mol. The fourth-order valence-electron chi connectivity index (χ4n) is 2.58. The van der Waals surface area contributed by atoms with Gasteiger partial charge in [0.15, 0.2) is 0 Å². The first kappa shape index (κ1) is 20.3. The van der Waals surface area contributed by atoms with E-state index in [0.29, 0.717) is 22.7 Å². The van der Waals surface area contributed by atoms with Crippen LogP contribution in [0.1, 0.15) is 48.7 Å². The Morgan fingerprint density at radius 1 is 1.12 bits per heavy atom. The van der Waals surface area contributed by atoms with E-state index < -0.39 is 10.0 Å². The number of sulfonamides is 1. The summed E-state index contributed by atoms with van der Waals surface area (Å²) in [6.07, 6.45) is 1.24. The lowest BCUT2D eigenvalue weighted by Crippen LogP contribution is -2.28. The number of hydrogen-bond acceptors (Lipinski definition) is 3. The Morgan fingerprint density at radius 2 is 1.81 bits per heavy atom. The zero-order valence-electron chi connectivity index (χ0n) is 14.8. The highest BCUT2D eigenvalue weighted by Crippen LogP contribution is 2.20. The maximum atomic E-state index is 12.6. The normalized spacial score (nSPS) is 12.4. The van der Waals surface area contributed by atoms with Crippen LogP contribution in [-0.4, -0.2) is 20.1 Å². The summed E-state index contributed by atoms with van der Waals surface area (Å²) in [5, 5.41) is 3.62. The van der Waals surface area contributed by atoms with E-state index in [1.54, 1.807) is 37.3 Å². The van der Waals surface area contributed by atoms with Gasteiger partial charge in [0, 0.05) is 16.3 Å². The molecular formula is C19H23ClN2O3S. The number of hydrogen-bond donors (Lipinski definition) is 2. The van der Waals surface area contributed by atoms with Gasteiger partial charge in [0.05, 0.1) is 11.8 Å². The molecule has 0 heterocycles. The minimum Gasteiger partial charge on any atom is -0.345 e. The van der Waals surface area contributed by atoms with E-state index in [9.17, 15) is 13.2 Å². The van der Waals surface area contributed by atoms with Crippen LogP contribution >= 0.6 is 11.6 Å². The molecule has 0 aromatic heterocycles. The Bertz CT molecular complexity index is 851. The molecule has 0 aliphatic carbocycles. The van der Waals surface area contributed by atoms with E-state index in [1.165, 1.54) is 6.07 Å². The minimum absolute atomic E-state index is 0.0396. The smallest absolute Gasteiger partial charge is 0.251 e. The molecule has 5 nitrogen and oxygen atoms in total. The third-order valence-corrected chi connectivity index (χ3v) is 5.60. The SMILES string of the molecule is CCCS(=O)(=O)Nc1cccc(C(=O)NC(CC)c2ccc(Cl)cc2)c1. The van der Waals surface area contributed by atoms with E-state index >= 15 is 0 Å². The quantitative estimate of drug-likeness (QED) is 0.697. The van der Waals surface area contributed by atoms with Crippen LogP contribution in [0, 0.1) is 0 Å². The van der Waals surface area contributed by atoms with Crippen molar-refractivity contribution in [2.24, 2.45) is 0 Å². The van der Waals surface area contributed by atoms with Crippen LogP contribution in [0.15, 0.2) is 48.5 Å². The summed E-state index contributed by atoms with van der Waals surface area (Å²) in [6.45, 7) is 3.78. The lowest BCUT2D eigenvalue weighted by atomic mass is 10.0. The lowest BCUT2D eigenvalue weighted by Gasteiger charge is -2.18. The molecule has 2 rings (SSSR count). The number of carbonyl (C=O) groups excluding carboxylic acids is 1. The van der Waals surface area contributed by atoms with Crippen molar-refractivity contribution in [2.75, 3.05) is 10.5 Å². The Balaban J connectivity index is 2.13. The topological polar surface area (TPSA) is 75.3 Å². The predicted octanol–water partition coefficient (Wildman–Crippen LogP) is 4.37. The van der Waals surface area contributed by atoms with Crippen LogP contribution in [0.5, 0.6) is 0 Å². The Morgan fingerprint density at radius 3 is 2.42 bits per heavy atom. The third-order valence-electron chi connectivity index (χ3n) is 3.86. The summed E-state index contributed by atoms with van der Waals surface area (Å²) in [4.78, 5) is 12.6. The third kappa shape index (κ3) is 5.75. The van der Waals surface area contributed by atoms with Gasteiger partial charge >= 0.3 is 0 Å². The molecule has 0 saturated heterocycles. The van der Waals surface area contributed by atoms with Crippen LogP contribution in [-0.2, 0) is 10.0 Å². The van der Waals surface area contributed by atoms with Crippen LogP contribution in [0.3, 0.4) is 0 Å². The molecule has 2 aromatic carbocycles. The van der Waals surface area contributed by atoms with Gasteiger partial charge in [-0.15, -0.1) is 0 Å². The van der Waals surface area contributed by atoms with Gasteiger partial charge in [-0.1, -0.05) is 43.6 Å². The van der Waals surface area contributed by atoms with E-state index in [4.69, 9.17) is 11.6 Å². The molecule has 2 N–H and O–H groups in total. The van der Waals surface area contributed by atoms with Crippen molar-refractivity contribution in [1.29, 1.82) is 0 Å². The second-order valence-electron chi connectivity index (χ2n) is 5.99. The second kappa shape index (κ2) is 9.05. The molecule has 7 heteroatoms. The van der Waals surface area contributed by atoms with E-state index in [2.05, 4.69) is 10.0 Å². The molecule has 140 valence electrons. The number of nitrogens with one attached hydrogen (secondary N) is 2. The van der Waals surface area contributed by atoms with Gasteiger partial charge in [0.2, 0.25) is 10.0 Å². The first-order valence-electron chi connectivity index (χ1n) is 8.51. The average Bonchev–Trinajstić information content (AvgIpc) is 2.60. The summed E-state index contributed by atoms with van der Waals surface area (Å²) in [5.41, 5.74) is 1.74. The molecule has 0 radical (unpaired) electrons. The second-order valence-corrected chi connectivity index (χ2v) is 8.27. The van der Waals surface area contributed by atoms with Crippen molar-refractivity contribution < 1.29 is 13.2 Å². The molecule has 0 aliphatic heterocycles. The molecule has 0 saturated carbocycles. The zero-order valence-corrected chi connectivity index (χ0v) is 16.4. The van der Waals surface area contributed by atoms with Gasteiger partial charge in [0.25, 0.3) is 5.91 Å². The van der Waals surface area contributed by atoms with E-state index in [1.807, 2.05) is 19.1 Å². The van der Waals surface area contributed by atoms with Crippen molar-refractivity contribution in [2.45, 2.75) is 32.7 Å². The number of carbonyl (C=O) groups is 1. The van der Waals surface area contributed by atoms with Gasteiger partial charge in [-0.25, -0.2) is 8.42 Å². The molecule has 1 atom stereocenters. The summed E-state index contributed by atoms with van der Waals surface area (Å²) >= 11 is 5.91. The molecule has 2 aromatic rings. The van der Waals surface area contributed by atoms with Crippen LogP contribution in [0.25, 0.3) is 0 Å². The van der Waals surface area contributed by atoms with E-state index in [0.717, 1.165) is 12.0 Å². The van der Waals surface area contributed by atoms with Gasteiger partial charge in [-0.05, 0) is 48.7 Å². The van der Waals surface area contributed by atoms with Gasteiger partial charge in [0.1, 0.15) is 0 Å². The largest absolute Gasteiger partial charge is 0.345 e. The first-order valence-corrected chi connectivity index (χ1v) is 10.5. The monoisotopic (exact) mass is 394 g/mol. The molecule has 0 aliphatic rings. The number of benzene rings is 2. The fraction of sp³-hybridized carbons (Fsp3) is 0.316. The van der Waals surface area contributed by atoms with Gasteiger partial charge in [-0.3, -0.25) is 9.52 Å². The lowest BCUT2D eigenvalue weighted by molar-refractivity contribution is 0.0935. The number of rotatable bonds is 8. The molecular weight excluding hydrogens is 372 g/mol. The number of amides is 1. The standard InChI is InChI=1S/C19H23ClN2O3S/c1-3-12-26(24,25)22-17-7-5-6-15(13-17)19(23)21-18(4-2)14-8-10-16(20)11-9-14/h5-11,13,18,22H,3-4,12H2,1-2H3,(H,21,23). The Hall–Kier alpha value is -2.05. The van der Waals surface area contributed by atoms with Crippen molar-refractivity contribution in [1.82, 2.24) is 5.32 Å². The Labute approximate surface area is 159 Å². The Kier molecular flexibility index (Phi) is 7.06. The number of anilines is 1. The van der Waals surface area contributed by atoms with Crippen LogP contribution in [0.4, 0.5) is 5.69 Å². The van der Waals surface area contributed by atoms with Gasteiger partial charge in [-0.2, -0.15) is 0 Å². The van der Waals surface area contributed by atoms with Crippen LogP contribution < -0.4 is 10.0 Å². The summed E-state index contributed by atoms with van der Waals surface area (Å²) in [5.74, 6) is -0.221.